The summed E-state index contributed by atoms with van der Waals surface area (Å²) in [5.41, 5.74) is 3.60. The Kier molecular flexibility index (Phi) is 18.0. The second kappa shape index (κ2) is 19.4. The van der Waals surface area contributed by atoms with E-state index in [-0.39, 0.29) is 0 Å². The van der Waals surface area contributed by atoms with Gasteiger partial charge in [-0.3, -0.25) is 0 Å². The first kappa shape index (κ1) is 27.8. The minimum atomic E-state index is 0.527. The number of phenolic OH excluding ortho intramolecular Hbond substituents is 1. The van der Waals surface area contributed by atoms with Gasteiger partial charge in [-0.05, 0) is 72.3 Å². The maximum atomic E-state index is 10.5. The number of rotatable bonds is 20. The molecular formula is C27H48OS2. The van der Waals surface area contributed by atoms with E-state index < -0.39 is 0 Å². The van der Waals surface area contributed by atoms with Gasteiger partial charge in [0.25, 0.3) is 0 Å². The van der Waals surface area contributed by atoms with Crippen molar-refractivity contribution in [1.82, 2.24) is 0 Å². The molecule has 0 radical (unpaired) electrons. The maximum Gasteiger partial charge on any atom is 0.121 e. The van der Waals surface area contributed by atoms with E-state index in [9.17, 15) is 5.11 Å². The molecule has 0 aliphatic heterocycles. The smallest absolute Gasteiger partial charge is 0.121 e. The fraction of sp³-hybridized carbons (Fsp3) is 0.778. The van der Waals surface area contributed by atoms with E-state index in [4.69, 9.17) is 0 Å². The summed E-state index contributed by atoms with van der Waals surface area (Å²) in [6.07, 6.45) is 18.7. The zero-order valence-corrected chi connectivity index (χ0v) is 21.8. The Morgan fingerprint density at radius 3 is 1.70 bits per heavy atom. The second-order valence-corrected chi connectivity index (χ2v) is 11.1. The summed E-state index contributed by atoms with van der Waals surface area (Å²) < 4.78 is 0. The van der Waals surface area contributed by atoms with Gasteiger partial charge in [0, 0.05) is 0 Å². The fourth-order valence-electron chi connectivity index (χ4n) is 3.81. The number of aryl methyl sites for hydroxylation is 3. The first-order valence-corrected chi connectivity index (χ1v) is 15.0. The molecule has 0 amide bonds. The molecule has 0 fully saturated rings. The molecule has 0 saturated heterocycles. The van der Waals surface area contributed by atoms with Crippen molar-refractivity contribution >= 4 is 23.5 Å². The van der Waals surface area contributed by atoms with Gasteiger partial charge in [0.2, 0.25) is 0 Å². The predicted molar refractivity (Wildman–Crippen MR) is 142 cm³/mol. The lowest BCUT2D eigenvalue weighted by molar-refractivity contribution is 0.464. The van der Waals surface area contributed by atoms with Crippen LogP contribution in [0.3, 0.4) is 0 Å². The number of hydrogen-bond acceptors (Lipinski definition) is 3. The summed E-state index contributed by atoms with van der Waals surface area (Å²) in [6.45, 7) is 6.61. The highest BCUT2D eigenvalue weighted by Gasteiger charge is 2.07. The molecule has 174 valence electrons. The number of hydrogen-bond donors (Lipinski definition) is 1. The minimum Gasteiger partial charge on any atom is -0.507 e. The lowest BCUT2D eigenvalue weighted by Gasteiger charge is -2.11. The Balaban J connectivity index is 2.19. The number of phenols is 1. The Bertz CT molecular complexity index is 530. The summed E-state index contributed by atoms with van der Waals surface area (Å²) >= 11 is 4.15. The van der Waals surface area contributed by atoms with Crippen molar-refractivity contribution < 1.29 is 5.11 Å². The van der Waals surface area contributed by atoms with Crippen molar-refractivity contribution in [3.8, 4) is 5.75 Å². The number of unbranched alkanes of at least 4 members (excludes halogenated alkanes) is 10. The fourth-order valence-corrected chi connectivity index (χ4v) is 5.78. The van der Waals surface area contributed by atoms with Gasteiger partial charge in [-0.1, -0.05) is 90.2 Å². The molecular weight excluding hydrogens is 404 g/mol. The molecule has 0 aliphatic rings. The summed E-state index contributed by atoms with van der Waals surface area (Å²) in [5, 5.41) is 10.5. The third kappa shape index (κ3) is 13.9. The molecule has 0 atom stereocenters. The van der Waals surface area contributed by atoms with Crippen LogP contribution in [0, 0.1) is 6.92 Å². The van der Waals surface area contributed by atoms with Gasteiger partial charge >= 0.3 is 0 Å². The SMILES string of the molecule is CCCCCCCCSCCc1cc(C)c(O)c(CCSCCCCCCCC)c1. The zero-order chi connectivity index (χ0) is 21.9. The van der Waals surface area contributed by atoms with Crippen molar-refractivity contribution in [2.24, 2.45) is 0 Å². The highest BCUT2D eigenvalue weighted by atomic mass is 32.2. The van der Waals surface area contributed by atoms with E-state index in [0.29, 0.717) is 5.75 Å². The molecule has 1 aromatic rings. The molecule has 0 bridgehead atoms. The van der Waals surface area contributed by atoms with Gasteiger partial charge in [0.05, 0.1) is 0 Å². The van der Waals surface area contributed by atoms with Crippen molar-refractivity contribution in [2.75, 3.05) is 23.0 Å². The van der Waals surface area contributed by atoms with Crippen LogP contribution in [0.2, 0.25) is 0 Å². The molecule has 0 aromatic heterocycles. The summed E-state index contributed by atoms with van der Waals surface area (Å²) in [4.78, 5) is 0. The van der Waals surface area contributed by atoms with Gasteiger partial charge in [0.1, 0.15) is 5.75 Å². The Labute approximate surface area is 196 Å². The molecule has 1 nitrogen and oxygen atoms in total. The average Bonchev–Trinajstić information content (AvgIpc) is 2.74. The first-order chi connectivity index (χ1) is 14.7. The van der Waals surface area contributed by atoms with E-state index in [1.54, 1.807) is 0 Å². The van der Waals surface area contributed by atoms with Crippen LogP contribution in [-0.2, 0) is 12.8 Å². The molecule has 3 heteroatoms. The van der Waals surface area contributed by atoms with Crippen LogP contribution in [0.4, 0.5) is 0 Å². The van der Waals surface area contributed by atoms with Gasteiger partial charge in [-0.2, -0.15) is 23.5 Å². The monoisotopic (exact) mass is 452 g/mol. The van der Waals surface area contributed by atoms with Crippen LogP contribution >= 0.6 is 23.5 Å². The standard InChI is InChI=1S/C27H48OS2/c1-4-6-8-10-12-14-18-29-20-16-25-22-24(3)27(28)26(23-25)17-21-30-19-15-13-11-9-7-5-2/h22-23,28H,4-21H2,1-3H3. The number of benzene rings is 1. The van der Waals surface area contributed by atoms with Gasteiger partial charge in [0.15, 0.2) is 0 Å². The first-order valence-electron chi connectivity index (χ1n) is 12.7. The van der Waals surface area contributed by atoms with Crippen LogP contribution in [0.25, 0.3) is 0 Å². The van der Waals surface area contributed by atoms with E-state index in [1.165, 1.54) is 99.9 Å². The molecule has 0 heterocycles. The molecule has 1 N–H and O–H groups in total. The van der Waals surface area contributed by atoms with E-state index in [0.717, 1.165) is 29.7 Å². The van der Waals surface area contributed by atoms with Crippen molar-refractivity contribution in [1.29, 1.82) is 0 Å². The average molecular weight is 453 g/mol. The van der Waals surface area contributed by atoms with Crippen molar-refractivity contribution in [3.63, 3.8) is 0 Å². The minimum absolute atomic E-state index is 0.527. The third-order valence-corrected chi connectivity index (χ3v) is 7.91. The summed E-state index contributed by atoms with van der Waals surface area (Å²) in [5.74, 6) is 5.41. The quantitative estimate of drug-likeness (QED) is 0.199. The van der Waals surface area contributed by atoms with Gasteiger partial charge in [-0.15, -0.1) is 0 Å². The zero-order valence-electron chi connectivity index (χ0n) is 20.1. The number of thioether (sulfide) groups is 2. The molecule has 0 unspecified atom stereocenters. The van der Waals surface area contributed by atoms with Crippen LogP contribution in [0.15, 0.2) is 12.1 Å². The largest absolute Gasteiger partial charge is 0.507 e. The lowest BCUT2D eigenvalue weighted by atomic mass is 10.0. The van der Waals surface area contributed by atoms with Gasteiger partial charge in [-0.25, -0.2) is 0 Å². The second-order valence-electron chi connectivity index (χ2n) is 8.68. The van der Waals surface area contributed by atoms with E-state index in [2.05, 4.69) is 56.4 Å². The Hall–Kier alpha value is -0.280. The molecule has 30 heavy (non-hydrogen) atoms. The van der Waals surface area contributed by atoms with E-state index in [1.807, 2.05) is 0 Å². The van der Waals surface area contributed by atoms with Crippen LogP contribution < -0.4 is 0 Å². The molecule has 0 aliphatic carbocycles. The molecule has 0 saturated carbocycles. The van der Waals surface area contributed by atoms with Crippen LogP contribution in [0.1, 0.15) is 108 Å². The maximum absolute atomic E-state index is 10.5. The molecule has 1 aromatic carbocycles. The Morgan fingerprint density at radius 2 is 1.13 bits per heavy atom. The lowest BCUT2D eigenvalue weighted by Crippen LogP contribution is -1.97. The van der Waals surface area contributed by atoms with Crippen molar-refractivity contribution in [2.45, 2.75) is 111 Å². The van der Waals surface area contributed by atoms with E-state index >= 15 is 0 Å². The summed E-state index contributed by atoms with van der Waals surface area (Å²) in [6, 6.07) is 4.45. The summed E-state index contributed by atoms with van der Waals surface area (Å²) in [7, 11) is 0. The van der Waals surface area contributed by atoms with Gasteiger partial charge < -0.3 is 5.11 Å². The third-order valence-electron chi connectivity index (χ3n) is 5.77. The topological polar surface area (TPSA) is 20.2 Å². The molecule has 1 rings (SSSR count). The number of aromatic hydroxyl groups is 1. The highest BCUT2D eigenvalue weighted by molar-refractivity contribution is 7.99. The van der Waals surface area contributed by atoms with Crippen LogP contribution in [-0.4, -0.2) is 28.1 Å². The molecule has 0 spiro atoms. The van der Waals surface area contributed by atoms with Crippen molar-refractivity contribution in [3.05, 3.63) is 28.8 Å². The predicted octanol–water partition coefficient (Wildman–Crippen LogP) is 8.97. The normalized spacial score (nSPS) is 11.3. The highest BCUT2D eigenvalue weighted by Crippen LogP contribution is 2.26. The van der Waals surface area contributed by atoms with Crippen LogP contribution in [0.5, 0.6) is 5.75 Å². The Morgan fingerprint density at radius 1 is 0.633 bits per heavy atom.